The highest BCUT2D eigenvalue weighted by Gasteiger charge is 2.27. The molecule has 0 atom stereocenters. The van der Waals surface area contributed by atoms with Crippen molar-refractivity contribution in [2.24, 2.45) is 0 Å². The molecule has 0 aliphatic heterocycles. The van der Waals surface area contributed by atoms with Gasteiger partial charge >= 0.3 is 11.9 Å². The fourth-order valence-corrected chi connectivity index (χ4v) is 2.40. The Kier molecular flexibility index (Phi) is 5.98. The van der Waals surface area contributed by atoms with Gasteiger partial charge in [0.1, 0.15) is 17.1 Å². The van der Waals surface area contributed by atoms with Gasteiger partial charge in [-0.3, -0.25) is 0 Å². The van der Waals surface area contributed by atoms with Crippen molar-refractivity contribution in [1.82, 2.24) is 0 Å². The zero-order valence-electron chi connectivity index (χ0n) is 13.1. The number of ether oxygens (including phenoxy) is 2. The van der Waals surface area contributed by atoms with Gasteiger partial charge < -0.3 is 19.7 Å². The van der Waals surface area contributed by atoms with Crippen molar-refractivity contribution >= 4 is 17.5 Å². The van der Waals surface area contributed by atoms with Crippen LogP contribution < -0.4 is 9.47 Å². The summed E-state index contributed by atoms with van der Waals surface area (Å²) < 4.78 is 10.7. The third-order valence-corrected chi connectivity index (χ3v) is 3.39. The first-order chi connectivity index (χ1) is 10.4. The Hall–Kier alpha value is -2.50. The van der Waals surface area contributed by atoms with Crippen LogP contribution in [0.4, 0.5) is 0 Å². The van der Waals surface area contributed by atoms with Gasteiger partial charge in [-0.05, 0) is 30.0 Å². The lowest BCUT2D eigenvalue weighted by molar-refractivity contribution is -0.140. The molecule has 0 radical (unpaired) electrons. The van der Waals surface area contributed by atoms with Crippen LogP contribution in [0.2, 0.25) is 0 Å². The quantitative estimate of drug-likeness (QED) is 0.457. The van der Waals surface area contributed by atoms with Gasteiger partial charge in [-0.2, -0.15) is 0 Å². The third kappa shape index (κ3) is 3.21. The number of carboxylic acids is 2. The molecular formula is C16H20O6. The van der Waals surface area contributed by atoms with Gasteiger partial charge in [-0.1, -0.05) is 19.9 Å². The molecule has 0 saturated heterocycles. The molecule has 0 bridgehead atoms. The Bertz CT molecular complexity index is 599. The van der Waals surface area contributed by atoms with Gasteiger partial charge in [-0.25, -0.2) is 9.59 Å². The minimum atomic E-state index is -1.49. The molecule has 1 rings (SSSR count). The molecule has 6 heteroatoms. The number of methoxy groups -OCH3 is 2. The maximum absolute atomic E-state index is 11.3. The third-order valence-electron chi connectivity index (χ3n) is 3.39. The first-order valence-electron chi connectivity index (χ1n) is 6.86. The first kappa shape index (κ1) is 17.6. The topological polar surface area (TPSA) is 93.1 Å². The minimum Gasteiger partial charge on any atom is -0.496 e. The van der Waals surface area contributed by atoms with Gasteiger partial charge in [0.05, 0.1) is 19.8 Å². The molecule has 0 aliphatic rings. The fraction of sp³-hybridized carbons (Fsp3) is 0.375. The largest absolute Gasteiger partial charge is 0.496 e. The summed E-state index contributed by atoms with van der Waals surface area (Å²) in [6.07, 6.45) is 0.875. The SMILES string of the molecule is CCC(=C(C(=O)O)C(=O)O)c1c(OC)ccc(CC)c1OC. The lowest BCUT2D eigenvalue weighted by Gasteiger charge is -2.19. The van der Waals surface area contributed by atoms with Crippen molar-refractivity contribution in [3.63, 3.8) is 0 Å². The van der Waals surface area contributed by atoms with E-state index in [1.54, 1.807) is 13.0 Å². The lowest BCUT2D eigenvalue weighted by Crippen LogP contribution is -2.15. The summed E-state index contributed by atoms with van der Waals surface area (Å²) in [6.45, 7) is 3.62. The fourth-order valence-electron chi connectivity index (χ4n) is 2.40. The van der Waals surface area contributed by atoms with E-state index in [1.807, 2.05) is 13.0 Å². The Balaban J connectivity index is 3.87. The molecule has 0 fully saturated rings. The van der Waals surface area contributed by atoms with E-state index in [0.29, 0.717) is 23.5 Å². The Morgan fingerprint density at radius 2 is 1.64 bits per heavy atom. The van der Waals surface area contributed by atoms with Crippen molar-refractivity contribution in [1.29, 1.82) is 0 Å². The summed E-state index contributed by atoms with van der Waals surface area (Å²) in [5, 5.41) is 18.5. The summed E-state index contributed by atoms with van der Waals surface area (Å²) in [7, 11) is 2.91. The second-order valence-corrected chi connectivity index (χ2v) is 4.51. The molecule has 0 amide bonds. The van der Waals surface area contributed by atoms with Crippen LogP contribution in [0.15, 0.2) is 17.7 Å². The summed E-state index contributed by atoms with van der Waals surface area (Å²) >= 11 is 0. The molecule has 22 heavy (non-hydrogen) atoms. The Morgan fingerprint density at radius 1 is 1.05 bits per heavy atom. The van der Waals surface area contributed by atoms with Crippen LogP contribution in [0.5, 0.6) is 11.5 Å². The number of aryl methyl sites for hydroxylation is 1. The number of hydrogen-bond acceptors (Lipinski definition) is 4. The molecule has 120 valence electrons. The number of benzene rings is 1. The number of rotatable bonds is 7. The summed E-state index contributed by atoms with van der Waals surface area (Å²) in [5.74, 6) is -2.16. The Labute approximate surface area is 129 Å². The predicted octanol–water partition coefficient (Wildman–Crippen LogP) is 2.60. The number of allylic oxidation sites excluding steroid dienone is 1. The van der Waals surface area contributed by atoms with Crippen LogP contribution in [0, 0.1) is 0 Å². The standard InChI is InChI=1S/C16H20O6/c1-5-9-7-8-11(21-3)12(14(9)22-4)10(6-2)13(15(17)18)16(19)20/h7-8H,5-6H2,1-4H3,(H,17,18)(H,19,20). The molecule has 0 spiro atoms. The van der Waals surface area contributed by atoms with E-state index in [0.717, 1.165) is 5.56 Å². The Morgan fingerprint density at radius 3 is 2.00 bits per heavy atom. The molecule has 0 aromatic heterocycles. The molecule has 1 aromatic rings. The molecule has 2 N–H and O–H groups in total. The van der Waals surface area contributed by atoms with E-state index in [1.165, 1.54) is 14.2 Å². The second-order valence-electron chi connectivity index (χ2n) is 4.51. The highest BCUT2D eigenvalue weighted by atomic mass is 16.5. The highest BCUT2D eigenvalue weighted by Crippen LogP contribution is 2.40. The number of hydrogen-bond donors (Lipinski definition) is 2. The number of aliphatic carboxylic acids is 2. The molecule has 0 aliphatic carbocycles. The minimum absolute atomic E-state index is 0.170. The summed E-state index contributed by atoms with van der Waals surface area (Å²) in [4.78, 5) is 22.7. The highest BCUT2D eigenvalue weighted by molar-refractivity contribution is 6.19. The second kappa shape index (κ2) is 7.49. The average molecular weight is 308 g/mol. The normalized spacial score (nSPS) is 10.0. The van der Waals surface area contributed by atoms with E-state index in [-0.39, 0.29) is 12.0 Å². The van der Waals surface area contributed by atoms with Crippen molar-refractivity contribution < 1.29 is 29.3 Å². The van der Waals surface area contributed by atoms with Crippen LogP contribution in [-0.4, -0.2) is 36.4 Å². The zero-order chi connectivity index (χ0) is 16.9. The molecule has 0 unspecified atom stereocenters. The maximum Gasteiger partial charge on any atom is 0.343 e. The van der Waals surface area contributed by atoms with Gasteiger partial charge in [0.25, 0.3) is 0 Å². The van der Waals surface area contributed by atoms with Gasteiger partial charge in [0.15, 0.2) is 0 Å². The monoisotopic (exact) mass is 308 g/mol. The van der Waals surface area contributed by atoms with E-state index < -0.39 is 17.5 Å². The number of carboxylic acid groups (broad SMARTS) is 2. The van der Waals surface area contributed by atoms with Crippen molar-refractivity contribution in [2.75, 3.05) is 14.2 Å². The maximum atomic E-state index is 11.3. The van der Waals surface area contributed by atoms with E-state index in [2.05, 4.69) is 0 Å². The van der Waals surface area contributed by atoms with Crippen LogP contribution in [-0.2, 0) is 16.0 Å². The van der Waals surface area contributed by atoms with Crippen molar-refractivity contribution in [3.8, 4) is 11.5 Å². The van der Waals surface area contributed by atoms with Gasteiger partial charge in [0, 0.05) is 0 Å². The van der Waals surface area contributed by atoms with Gasteiger partial charge in [-0.15, -0.1) is 0 Å². The molecule has 0 saturated carbocycles. The van der Waals surface area contributed by atoms with E-state index in [9.17, 15) is 19.8 Å². The lowest BCUT2D eigenvalue weighted by atomic mass is 9.93. The predicted molar refractivity (Wildman–Crippen MR) is 81.4 cm³/mol. The van der Waals surface area contributed by atoms with Crippen LogP contribution in [0.1, 0.15) is 31.4 Å². The average Bonchev–Trinajstić information content (AvgIpc) is 2.49. The summed E-state index contributed by atoms with van der Waals surface area (Å²) in [5.41, 5.74) is 0.724. The molecular weight excluding hydrogens is 288 g/mol. The molecule has 1 aromatic carbocycles. The number of carbonyl (C=O) groups is 2. The van der Waals surface area contributed by atoms with Gasteiger partial charge in [0.2, 0.25) is 0 Å². The van der Waals surface area contributed by atoms with Crippen molar-refractivity contribution in [3.05, 3.63) is 28.8 Å². The van der Waals surface area contributed by atoms with Crippen LogP contribution >= 0.6 is 0 Å². The molecule has 0 heterocycles. The zero-order valence-corrected chi connectivity index (χ0v) is 13.1. The smallest absolute Gasteiger partial charge is 0.343 e. The van der Waals surface area contributed by atoms with E-state index in [4.69, 9.17) is 9.47 Å². The molecule has 6 nitrogen and oxygen atoms in total. The first-order valence-corrected chi connectivity index (χ1v) is 6.86. The van der Waals surface area contributed by atoms with Crippen LogP contribution in [0.3, 0.4) is 0 Å². The summed E-state index contributed by atoms with van der Waals surface area (Å²) in [6, 6.07) is 3.50. The van der Waals surface area contributed by atoms with E-state index >= 15 is 0 Å². The van der Waals surface area contributed by atoms with Crippen LogP contribution in [0.25, 0.3) is 5.57 Å². The van der Waals surface area contributed by atoms with Crippen molar-refractivity contribution in [2.45, 2.75) is 26.7 Å².